The quantitative estimate of drug-likeness (QED) is 0.273. The molecule has 0 aliphatic carbocycles. The van der Waals surface area contributed by atoms with Crippen molar-refractivity contribution in [1.29, 1.82) is 0 Å². The minimum Gasteiger partial charge on any atom is -0.356 e. The van der Waals surface area contributed by atoms with Crippen molar-refractivity contribution in [2.24, 2.45) is 0 Å². The molecule has 0 heterocycles. The maximum absolute atomic E-state index is 8.25. The van der Waals surface area contributed by atoms with Gasteiger partial charge in [0.05, 0.1) is 10.2 Å². The minimum atomic E-state index is -1.75. The Hall–Kier alpha value is 0.0234. The fraction of sp³-hybridized carbons (Fsp3) is 0. The van der Waals surface area contributed by atoms with E-state index in [0.717, 1.165) is 0 Å². The van der Waals surface area contributed by atoms with Crippen molar-refractivity contribution >= 4 is 26.2 Å². The third kappa shape index (κ3) is 724000. The molecule has 10 heteroatoms. The Labute approximate surface area is 89.1 Å². The Morgan fingerprint density at radius 1 is 0.800 bits per heavy atom. The van der Waals surface area contributed by atoms with Crippen LogP contribution in [0, 0.1) is 30.6 Å². The molecule has 60 valence electrons. The second kappa shape index (κ2) is 16.0. The zero-order valence-electron chi connectivity index (χ0n) is 4.09. The van der Waals surface area contributed by atoms with Crippen molar-refractivity contribution in [3.8, 4) is 0 Å². The molecule has 0 atom stereocenters. The fourth-order valence-electron chi connectivity index (χ4n) is 0. The van der Waals surface area contributed by atoms with E-state index in [1.54, 1.807) is 0 Å². The molecule has 2 radical (unpaired) electrons. The minimum absolute atomic E-state index is 0. The molecule has 0 rings (SSSR count). The van der Waals surface area contributed by atoms with Gasteiger partial charge in [-0.15, -0.1) is 0 Å². The van der Waals surface area contributed by atoms with Gasteiger partial charge in [0.1, 0.15) is 0 Å². The number of nitrogens with zero attached hydrogens (tertiary/aromatic N) is 2. The van der Waals surface area contributed by atoms with Gasteiger partial charge >= 0.3 is 48.6 Å². The summed E-state index contributed by atoms with van der Waals surface area (Å²) in [5.41, 5.74) is 0. The fourth-order valence-corrected chi connectivity index (χ4v) is 0. The zero-order chi connectivity index (χ0) is 7.15. The summed E-state index contributed by atoms with van der Waals surface area (Å²) in [5, 5.41) is 29.5. The third-order valence-corrected chi connectivity index (χ3v) is 0. The Kier molecular flexibility index (Phi) is 36.0. The van der Waals surface area contributed by atoms with Gasteiger partial charge in [-0.05, 0) is 0 Å². The van der Waals surface area contributed by atoms with Gasteiger partial charge in [0.2, 0.25) is 0 Å². The molecule has 0 spiro atoms. The first-order valence-corrected chi connectivity index (χ1v) is 1.10. The van der Waals surface area contributed by atoms with E-state index >= 15 is 0 Å². The van der Waals surface area contributed by atoms with E-state index in [0.29, 0.717) is 0 Å². The van der Waals surface area contributed by atoms with E-state index < -0.39 is 10.2 Å². The maximum atomic E-state index is 8.25. The summed E-state index contributed by atoms with van der Waals surface area (Å²) in [5.74, 6) is 0. The summed E-state index contributed by atoms with van der Waals surface area (Å²) in [4.78, 5) is 16.5. The summed E-state index contributed by atoms with van der Waals surface area (Å²) < 4.78 is 0. The van der Waals surface area contributed by atoms with Crippen LogP contribution in [0.1, 0.15) is 0 Å². The number of hydrogen-bond acceptors (Lipinski definition) is 6. The summed E-state index contributed by atoms with van der Waals surface area (Å²) in [6, 6.07) is 0. The molecule has 0 aliphatic rings. The Balaban J connectivity index is -0.0000000300. The van der Waals surface area contributed by atoms with Gasteiger partial charge in [0.15, 0.2) is 0 Å². The summed E-state index contributed by atoms with van der Waals surface area (Å²) in [7, 11) is 0. The van der Waals surface area contributed by atoms with Crippen molar-refractivity contribution in [1.82, 2.24) is 0 Å². The third-order valence-electron chi connectivity index (χ3n) is 0. The molecule has 0 amide bonds. The van der Waals surface area contributed by atoms with Crippen LogP contribution in [0.3, 0.4) is 0 Å². The Morgan fingerprint density at radius 3 is 0.800 bits per heavy atom. The SMILES string of the molecule is O=[N+]([O-])[O-].O=[N+]([O-])[O-].[Ag+].[Bi+3]. The second-order valence-corrected chi connectivity index (χ2v) is 0.447. The average molecular weight is 441 g/mol. The standard InChI is InChI=1S/Ag.Bi.2NO3/c;;2*2-1(3)4/q+1;+3;2*-1. The molecular weight excluding hydrogens is 441 g/mol. The van der Waals surface area contributed by atoms with Crippen molar-refractivity contribution in [3.05, 3.63) is 30.6 Å². The molecule has 0 aliphatic heterocycles. The monoisotopic (exact) mass is 440 g/mol. The molecular formula is AgBiN2O6+2. The van der Waals surface area contributed by atoms with Crippen LogP contribution in [0.5, 0.6) is 0 Å². The van der Waals surface area contributed by atoms with Gasteiger partial charge in [-0.2, -0.15) is 0 Å². The van der Waals surface area contributed by atoms with Crippen LogP contribution in [-0.4, -0.2) is 36.4 Å². The molecule has 0 aromatic heterocycles. The molecule has 0 N–H and O–H groups in total. The molecule has 8 nitrogen and oxygen atoms in total. The summed E-state index contributed by atoms with van der Waals surface area (Å²) >= 11 is 0. The predicted molar refractivity (Wildman–Crippen MR) is 26.5 cm³/mol. The van der Waals surface area contributed by atoms with Crippen molar-refractivity contribution in [2.75, 3.05) is 0 Å². The van der Waals surface area contributed by atoms with E-state index in [1.807, 2.05) is 0 Å². The maximum Gasteiger partial charge on any atom is 3.00 e. The number of rotatable bonds is 0. The summed E-state index contributed by atoms with van der Waals surface area (Å²) in [6.45, 7) is 0. The van der Waals surface area contributed by atoms with Crippen LogP contribution < -0.4 is 0 Å². The first kappa shape index (κ1) is 22.5. The van der Waals surface area contributed by atoms with E-state index in [4.69, 9.17) is 30.6 Å². The van der Waals surface area contributed by atoms with Crippen molar-refractivity contribution in [3.63, 3.8) is 0 Å². The predicted octanol–water partition coefficient (Wildman–Crippen LogP) is -0.862. The van der Waals surface area contributed by atoms with Crippen LogP contribution in [-0.2, 0) is 22.4 Å². The average Bonchev–Trinajstić information content (AvgIpc) is 1.25. The Morgan fingerprint density at radius 2 is 0.800 bits per heavy atom. The molecule has 0 bridgehead atoms. The zero-order valence-corrected chi connectivity index (χ0v) is 9.05. The van der Waals surface area contributed by atoms with Gasteiger partial charge < -0.3 is 30.6 Å². The normalized spacial score (nSPS) is 4.80. The van der Waals surface area contributed by atoms with Crippen LogP contribution in [0.25, 0.3) is 0 Å². The van der Waals surface area contributed by atoms with Gasteiger partial charge in [-0.1, -0.05) is 0 Å². The molecule has 0 aromatic rings. The first-order valence-electron chi connectivity index (χ1n) is 1.10. The molecule has 0 saturated heterocycles. The van der Waals surface area contributed by atoms with Crippen LogP contribution >= 0.6 is 0 Å². The van der Waals surface area contributed by atoms with Gasteiger partial charge in [-0.25, -0.2) is 0 Å². The molecule has 0 fully saturated rings. The van der Waals surface area contributed by atoms with Crippen LogP contribution in [0.4, 0.5) is 0 Å². The van der Waals surface area contributed by atoms with Crippen molar-refractivity contribution in [2.45, 2.75) is 0 Å². The van der Waals surface area contributed by atoms with E-state index in [9.17, 15) is 0 Å². The van der Waals surface area contributed by atoms with E-state index in [2.05, 4.69) is 0 Å². The largest absolute Gasteiger partial charge is 3.00 e. The molecule has 0 aromatic carbocycles. The smallest absolute Gasteiger partial charge is 0.356 e. The molecule has 10 heavy (non-hydrogen) atoms. The van der Waals surface area contributed by atoms with E-state index in [-0.39, 0.29) is 48.6 Å². The molecule has 0 unspecified atom stereocenters. The van der Waals surface area contributed by atoms with Gasteiger partial charge in [-0.3, -0.25) is 0 Å². The number of hydrogen-bond donors (Lipinski definition) is 0. The summed E-state index contributed by atoms with van der Waals surface area (Å²) in [6.07, 6.45) is 0. The molecule has 0 saturated carbocycles. The van der Waals surface area contributed by atoms with E-state index in [1.165, 1.54) is 0 Å². The topological polar surface area (TPSA) is 132 Å². The van der Waals surface area contributed by atoms with Gasteiger partial charge in [0.25, 0.3) is 0 Å². The van der Waals surface area contributed by atoms with Crippen LogP contribution in [0.2, 0.25) is 0 Å². The van der Waals surface area contributed by atoms with Gasteiger partial charge in [0, 0.05) is 0 Å². The van der Waals surface area contributed by atoms with Crippen molar-refractivity contribution < 1.29 is 32.6 Å². The first-order chi connectivity index (χ1) is 3.46. The second-order valence-electron chi connectivity index (χ2n) is 0.447. The van der Waals surface area contributed by atoms with Crippen LogP contribution in [0.15, 0.2) is 0 Å². The Bertz CT molecular complexity index is 73.7.